The van der Waals surface area contributed by atoms with Gasteiger partial charge in [0.25, 0.3) is 5.16 Å². The molecule has 4 heterocycles. The number of urea groups is 2. The topological polar surface area (TPSA) is 280 Å². The number of tetrazole rings is 1. The zero-order valence-electron chi connectivity index (χ0n) is 34.2. The summed E-state index contributed by atoms with van der Waals surface area (Å²) in [5.41, 5.74) is 3.08. The molecule has 0 atom stereocenters. The van der Waals surface area contributed by atoms with Crippen molar-refractivity contribution >= 4 is 76.0 Å². The Kier molecular flexibility index (Phi) is 15.4. The summed E-state index contributed by atoms with van der Waals surface area (Å²) in [4.78, 5) is 37.5. The summed E-state index contributed by atoms with van der Waals surface area (Å²) in [6, 6.07) is 9.95. The molecule has 0 radical (unpaired) electrons. The van der Waals surface area contributed by atoms with E-state index < -0.39 is 31.7 Å². The molecule has 0 aliphatic heterocycles. The maximum atomic E-state index is 12.4. The van der Waals surface area contributed by atoms with E-state index in [4.69, 9.17) is 9.47 Å². The van der Waals surface area contributed by atoms with Crippen molar-refractivity contribution in [1.82, 2.24) is 45.4 Å². The van der Waals surface area contributed by atoms with E-state index >= 15 is 0 Å². The Labute approximate surface area is 360 Å². The third-order valence-corrected chi connectivity index (χ3v) is 12.9. The predicted octanol–water partition coefficient (Wildman–Crippen LogP) is 5.85. The molecule has 0 unspecified atom stereocenters. The number of sulfone groups is 2. The summed E-state index contributed by atoms with van der Waals surface area (Å²) in [6.45, 7) is 13.1. The first-order valence-corrected chi connectivity index (χ1v) is 23.4. The van der Waals surface area contributed by atoms with Crippen molar-refractivity contribution < 1.29 is 35.9 Å². The number of ether oxygens (including phenoxy) is 2. The average molecular weight is 916 g/mol. The van der Waals surface area contributed by atoms with E-state index in [2.05, 4.69) is 61.9 Å². The normalized spacial score (nSPS) is 11.5. The number of amides is 4. The first-order chi connectivity index (χ1) is 28.9. The maximum Gasteiger partial charge on any atom is 0.325 e. The predicted molar refractivity (Wildman–Crippen MR) is 229 cm³/mol. The smallest absolute Gasteiger partial charge is 0.325 e. The van der Waals surface area contributed by atoms with E-state index in [0.29, 0.717) is 57.7 Å². The first-order valence-electron chi connectivity index (χ1n) is 18.4. The molecular formula is C36H45N13O8S4. The van der Waals surface area contributed by atoms with Gasteiger partial charge in [-0.3, -0.25) is 15.7 Å². The number of H-pyrrole nitrogens is 1. The molecule has 21 nitrogen and oxygen atoms in total. The lowest BCUT2D eigenvalue weighted by molar-refractivity contribution is 0.260. The van der Waals surface area contributed by atoms with Crippen LogP contribution in [0, 0.1) is 25.7 Å². The quantitative estimate of drug-likeness (QED) is 0.0761. The minimum absolute atomic E-state index is 0.212. The van der Waals surface area contributed by atoms with Crippen LogP contribution in [0.4, 0.5) is 31.2 Å². The lowest BCUT2D eigenvalue weighted by Gasteiger charge is -2.14. The van der Waals surface area contributed by atoms with Gasteiger partial charge in [0, 0.05) is 29.2 Å². The van der Waals surface area contributed by atoms with Gasteiger partial charge in [0.05, 0.1) is 36.1 Å². The number of anilines is 4. The van der Waals surface area contributed by atoms with E-state index in [-0.39, 0.29) is 32.1 Å². The Morgan fingerprint density at radius 2 is 1.23 bits per heavy atom. The van der Waals surface area contributed by atoms with Crippen LogP contribution in [0.2, 0.25) is 0 Å². The zero-order chi connectivity index (χ0) is 44.3. The van der Waals surface area contributed by atoms with Crippen LogP contribution in [0.25, 0.3) is 0 Å². The number of carbonyl (C=O) groups is 2. The van der Waals surface area contributed by atoms with Gasteiger partial charge in [-0.2, -0.15) is 5.10 Å². The highest BCUT2D eigenvalue weighted by molar-refractivity contribution is 7.90. The molecular weight excluding hydrogens is 871 g/mol. The number of aromatic amines is 1. The second-order valence-corrected chi connectivity index (χ2v) is 20.2. The number of rotatable bonds is 16. The van der Waals surface area contributed by atoms with E-state index in [1.54, 1.807) is 12.1 Å². The highest BCUT2D eigenvalue weighted by Gasteiger charge is 2.24. The van der Waals surface area contributed by atoms with Crippen LogP contribution in [0.3, 0.4) is 0 Å². The van der Waals surface area contributed by atoms with Crippen molar-refractivity contribution in [2.45, 2.75) is 63.4 Å². The van der Waals surface area contributed by atoms with Crippen LogP contribution >= 0.6 is 22.7 Å². The summed E-state index contributed by atoms with van der Waals surface area (Å²) < 4.78 is 62.0. The largest absolute Gasteiger partial charge is 0.491 e. The van der Waals surface area contributed by atoms with Crippen molar-refractivity contribution in [3.8, 4) is 11.5 Å². The molecule has 326 valence electrons. The highest BCUT2D eigenvalue weighted by atomic mass is 32.2. The number of aromatic nitrogens is 9. The third-order valence-electron chi connectivity index (χ3n) is 7.67. The molecule has 6 aromatic rings. The highest BCUT2D eigenvalue weighted by Crippen LogP contribution is 2.29. The van der Waals surface area contributed by atoms with E-state index in [9.17, 15) is 26.4 Å². The molecule has 2 aromatic carbocycles. The number of nitrogens with zero attached hydrogens (tertiary/aromatic N) is 8. The first kappa shape index (κ1) is 46.0. The summed E-state index contributed by atoms with van der Waals surface area (Å²) in [5.74, 6) is 1.21. The Bertz CT molecular complexity index is 2640. The minimum Gasteiger partial charge on any atom is -0.491 e. The van der Waals surface area contributed by atoms with Gasteiger partial charge in [0.15, 0.2) is 10.3 Å². The monoisotopic (exact) mass is 915 g/mol. The maximum absolute atomic E-state index is 12.4. The Hall–Kier alpha value is -6.05. The van der Waals surface area contributed by atoms with Gasteiger partial charge in [-0.1, -0.05) is 44.9 Å². The fourth-order valence-corrected chi connectivity index (χ4v) is 9.69. The van der Waals surface area contributed by atoms with Crippen molar-refractivity contribution in [2.75, 3.05) is 34.5 Å². The van der Waals surface area contributed by atoms with Crippen molar-refractivity contribution in [3.63, 3.8) is 0 Å². The molecule has 4 aromatic heterocycles. The summed E-state index contributed by atoms with van der Waals surface area (Å²) in [7, 11) is -5.95. The number of aryl methyl sites for hydroxylation is 3. The van der Waals surface area contributed by atoms with Crippen LogP contribution < -0.4 is 30.7 Å². The molecule has 0 aliphatic rings. The molecule has 0 bridgehead atoms. The third kappa shape index (κ3) is 13.7. The number of hydrogen-bond acceptors (Lipinski definition) is 17. The van der Waals surface area contributed by atoms with Gasteiger partial charge in [-0.25, -0.2) is 46.1 Å². The van der Waals surface area contributed by atoms with E-state index in [1.165, 1.54) is 19.4 Å². The van der Waals surface area contributed by atoms with Gasteiger partial charge in [0.1, 0.15) is 17.8 Å². The van der Waals surface area contributed by atoms with Crippen molar-refractivity contribution in [2.24, 2.45) is 18.9 Å². The van der Waals surface area contributed by atoms with E-state index in [1.807, 2.05) is 65.8 Å². The second-order valence-electron chi connectivity index (χ2n) is 14.2. The molecule has 0 aliphatic carbocycles. The second kappa shape index (κ2) is 20.5. The van der Waals surface area contributed by atoms with Crippen LogP contribution in [-0.4, -0.2) is 87.5 Å². The number of nitrogens with one attached hydrogen (secondary N) is 5. The fraction of sp³-hybridized carbons (Fsp3) is 0.361. The molecule has 25 heteroatoms. The van der Waals surface area contributed by atoms with Gasteiger partial charge in [-0.05, 0) is 71.5 Å². The van der Waals surface area contributed by atoms with Crippen LogP contribution in [0.1, 0.15) is 48.6 Å². The Morgan fingerprint density at radius 1 is 0.738 bits per heavy atom. The molecule has 0 saturated heterocycles. The summed E-state index contributed by atoms with van der Waals surface area (Å²) in [6.07, 6.45) is 3.92. The fourth-order valence-electron chi connectivity index (χ4n) is 4.92. The molecule has 0 spiro atoms. The summed E-state index contributed by atoms with van der Waals surface area (Å²) in [5, 5.41) is 27.1. The summed E-state index contributed by atoms with van der Waals surface area (Å²) >= 11 is 2.11. The SMILES string of the molecule is Cc1ccc(NC(=O)Nc2ncc(CS(=O)(=O)c3ncn[nH]3)s2)c(OCC(C)C)c1.Cc1ccc(NC(=O)Nc2ncc(CS(=O)(=O)c3nnnn3C)s2)c(OCC(C)C)c1. The van der Waals surface area contributed by atoms with Crippen molar-refractivity contribution in [3.05, 3.63) is 76.0 Å². The minimum atomic E-state index is -3.74. The standard InChI is InChI=1S/C18H23N7O4S2.C18H22N6O4S2/c1-11(2)9-29-15-7-12(3)5-6-14(15)20-16(26)21-17-19-8-13(30-17)10-31(27,28)18-22-23-24-25(18)4;1-11(2)8-28-15-6-12(3)4-5-14(15)22-16(25)23-17-19-7-13(29-17)9-30(26,27)18-20-10-21-24-18/h5-8,11H,9-10H2,1-4H3,(H2,19,20,21,26);4-7,10-11H,8-9H2,1-3H3,(H,20,21,24)(H2,19,22,23,25). The van der Waals surface area contributed by atoms with Gasteiger partial charge >= 0.3 is 12.1 Å². The van der Waals surface area contributed by atoms with Gasteiger partial charge in [-0.15, -0.1) is 22.7 Å². The lowest BCUT2D eigenvalue weighted by Crippen LogP contribution is -2.20. The molecule has 6 rings (SSSR count). The van der Waals surface area contributed by atoms with Gasteiger partial charge < -0.3 is 20.1 Å². The number of benzene rings is 2. The van der Waals surface area contributed by atoms with E-state index in [0.717, 1.165) is 44.8 Å². The Balaban J connectivity index is 0.000000231. The van der Waals surface area contributed by atoms with Crippen LogP contribution in [0.15, 0.2) is 65.4 Å². The average Bonchev–Trinajstić information content (AvgIpc) is 4.02. The lowest BCUT2D eigenvalue weighted by atomic mass is 10.2. The molecule has 5 N–H and O–H groups in total. The number of carbonyl (C=O) groups excluding carboxylic acids is 2. The molecule has 0 fully saturated rings. The van der Waals surface area contributed by atoms with Crippen molar-refractivity contribution in [1.29, 1.82) is 0 Å². The number of thiazole rings is 2. The van der Waals surface area contributed by atoms with Crippen LogP contribution in [0.5, 0.6) is 11.5 Å². The number of hydrogen-bond donors (Lipinski definition) is 5. The molecule has 61 heavy (non-hydrogen) atoms. The zero-order valence-corrected chi connectivity index (χ0v) is 37.4. The van der Waals surface area contributed by atoms with Crippen LogP contribution in [-0.2, 0) is 38.2 Å². The molecule has 0 saturated carbocycles. The van der Waals surface area contributed by atoms with Gasteiger partial charge in [0.2, 0.25) is 24.8 Å². The molecule has 4 amide bonds. The Morgan fingerprint density at radius 3 is 1.66 bits per heavy atom.